The van der Waals surface area contributed by atoms with Crippen molar-refractivity contribution in [3.05, 3.63) is 48.6 Å². The third-order valence-electron chi connectivity index (χ3n) is 6.02. The molecule has 5 heteroatoms. The zero-order valence-electron chi connectivity index (χ0n) is 16.4. The van der Waals surface area contributed by atoms with Crippen LogP contribution in [-0.2, 0) is 19.0 Å². The van der Waals surface area contributed by atoms with Crippen molar-refractivity contribution in [2.45, 2.75) is 70.2 Å². The van der Waals surface area contributed by atoms with Crippen molar-refractivity contribution in [2.75, 3.05) is 0 Å². The van der Waals surface area contributed by atoms with E-state index in [0.29, 0.717) is 12.8 Å². The topological polar surface area (TPSA) is 68.3 Å². The van der Waals surface area contributed by atoms with Crippen LogP contribution in [0, 0.1) is 11.8 Å². The summed E-state index contributed by atoms with van der Waals surface area (Å²) in [4.78, 5) is 12.6. The van der Waals surface area contributed by atoms with Gasteiger partial charge >= 0.3 is 5.97 Å². The molecule has 3 aliphatic heterocycles. The molecule has 0 aromatic heterocycles. The van der Waals surface area contributed by atoms with Crippen LogP contribution in [0.1, 0.15) is 40.0 Å². The summed E-state index contributed by atoms with van der Waals surface area (Å²) in [5, 5.41) is 11.1. The first-order valence-electron chi connectivity index (χ1n) is 9.55. The normalized spacial score (nSPS) is 41.9. The molecule has 2 bridgehead atoms. The zero-order chi connectivity index (χ0) is 19.9. The van der Waals surface area contributed by atoms with Crippen LogP contribution in [0.4, 0.5) is 0 Å². The molecule has 5 nitrogen and oxygen atoms in total. The quantitative estimate of drug-likeness (QED) is 0.455. The highest BCUT2D eigenvalue weighted by atomic mass is 16.7. The number of carbonyl (C=O) groups is 1. The number of ether oxygens (including phenoxy) is 3. The van der Waals surface area contributed by atoms with Gasteiger partial charge in [-0.05, 0) is 19.4 Å². The second kappa shape index (κ2) is 7.38. The Hall–Kier alpha value is -1.69. The lowest BCUT2D eigenvalue weighted by Crippen LogP contribution is -2.51. The first kappa shape index (κ1) is 20.1. The van der Waals surface area contributed by atoms with E-state index >= 15 is 0 Å². The van der Waals surface area contributed by atoms with Gasteiger partial charge in [0, 0.05) is 18.3 Å². The Labute approximate surface area is 161 Å². The van der Waals surface area contributed by atoms with Crippen LogP contribution in [0.5, 0.6) is 0 Å². The lowest BCUT2D eigenvalue weighted by Gasteiger charge is -2.42. The molecule has 0 unspecified atom stereocenters. The molecule has 3 aliphatic rings. The summed E-state index contributed by atoms with van der Waals surface area (Å²) >= 11 is 0. The Morgan fingerprint density at radius 2 is 2.04 bits per heavy atom. The van der Waals surface area contributed by atoms with Crippen LogP contribution in [0.15, 0.2) is 48.6 Å². The van der Waals surface area contributed by atoms with Crippen molar-refractivity contribution in [3.63, 3.8) is 0 Å². The first-order valence-corrected chi connectivity index (χ1v) is 9.55. The van der Waals surface area contributed by atoms with Crippen LogP contribution in [-0.4, -0.2) is 41.3 Å². The monoisotopic (exact) mass is 374 g/mol. The Kier molecular flexibility index (Phi) is 5.48. The number of rotatable bonds is 2. The first-order chi connectivity index (χ1) is 12.6. The Bertz CT molecular complexity index is 693. The van der Waals surface area contributed by atoms with E-state index in [-0.39, 0.29) is 36.6 Å². The van der Waals surface area contributed by atoms with Gasteiger partial charge in [0.05, 0.1) is 12.2 Å². The number of aliphatic hydroxyl groups is 1. The maximum atomic E-state index is 12.6. The van der Waals surface area contributed by atoms with Crippen LogP contribution in [0.3, 0.4) is 0 Å². The fraction of sp³-hybridized carbons (Fsp3) is 0.591. The van der Waals surface area contributed by atoms with Gasteiger partial charge in [-0.25, -0.2) is 0 Å². The van der Waals surface area contributed by atoms with Crippen molar-refractivity contribution >= 4 is 5.97 Å². The molecule has 0 aromatic carbocycles. The molecule has 3 heterocycles. The fourth-order valence-electron chi connectivity index (χ4n) is 3.73. The molecule has 148 valence electrons. The van der Waals surface area contributed by atoms with Gasteiger partial charge in [0.1, 0.15) is 18.6 Å². The number of fused-ring (bicyclic) bond motifs is 4. The molecule has 0 radical (unpaired) electrons. The van der Waals surface area contributed by atoms with Gasteiger partial charge in [0.2, 0.25) is 0 Å². The minimum atomic E-state index is -1.64. The highest BCUT2D eigenvalue weighted by Crippen LogP contribution is 2.44. The van der Waals surface area contributed by atoms with Gasteiger partial charge in [-0.2, -0.15) is 0 Å². The SMILES string of the molecule is C=C1/C=C/[C@H]([C@@H](C)C(=C)C)OC(=O)C[C@@]2(O)O[C@H](CC(=C)[C@@H]2C)[C@H]2O[C@H]2C1. The molecule has 0 aromatic rings. The molecule has 0 spiro atoms. The number of allylic oxidation sites excluding steroid dienone is 1. The van der Waals surface area contributed by atoms with E-state index in [4.69, 9.17) is 14.2 Å². The molecule has 0 saturated carbocycles. The van der Waals surface area contributed by atoms with Gasteiger partial charge in [0.25, 0.3) is 0 Å². The third kappa shape index (κ3) is 4.26. The molecule has 3 rings (SSSR count). The average Bonchev–Trinajstić information content (AvgIpc) is 3.33. The summed E-state index contributed by atoms with van der Waals surface area (Å²) in [6.45, 7) is 17.8. The molecular formula is C22H30O5. The number of epoxide rings is 1. The van der Waals surface area contributed by atoms with Crippen LogP contribution >= 0.6 is 0 Å². The number of cyclic esters (lactones) is 1. The Morgan fingerprint density at radius 3 is 2.70 bits per heavy atom. The van der Waals surface area contributed by atoms with Gasteiger partial charge in [0.15, 0.2) is 5.79 Å². The average molecular weight is 374 g/mol. The number of carbonyl (C=O) groups excluding carboxylic acids is 1. The molecule has 7 atom stereocenters. The van der Waals surface area contributed by atoms with Crippen molar-refractivity contribution in [1.82, 2.24) is 0 Å². The van der Waals surface area contributed by atoms with E-state index in [1.807, 2.05) is 32.9 Å². The highest BCUT2D eigenvalue weighted by molar-refractivity contribution is 5.71. The number of esters is 1. The number of hydrogen-bond donors (Lipinski definition) is 1. The van der Waals surface area contributed by atoms with Crippen LogP contribution < -0.4 is 0 Å². The maximum absolute atomic E-state index is 12.6. The fourth-order valence-corrected chi connectivity index (χ4v) is 3.73. The van der Waals surface area contributed by atoms with E-state index in [1.165, 1.54) is 0 Å². The summed E-state index contributed by atoms with van der Waals surface area (Å²) in [7, 11) is 0. The predicted molar refractivity (Wildman–Crippen MR) is 103 cm³/mol. The largest absolute Gasteiger partial charge is 0.457 e. The molecule has 2 saturated heterocycles. The van der Waals surface area contributed by atoms with Crippen molar-refractivity contribution in [3.8, 4) is 0 Å². The van der Waals surface area contributed by atoms with Crippen molar-refractivity contribution in [2.24, 2.45) is 11.8 Å². The summed E-state index contributed by atoms with van der Waals surface area (Å²) in [5.74, 6) is -2.58. The van der Waals surface area contributed by atoms with E-state index in [1.54, 1.807) is 0 Å². The smallest absolute Gasteiger partial charge is 0.311 e. The lowest BCUT2D eigenvalue weighted by molar-refractivity contribution is -0.271. The summed E-state index contributed by atoms with van der Waals surface area (Å²) < 4.78 is 17.4. The van der Waals surface area contributed by atoms with Gasteiger partial charge < -0.3 is 19.3 Å². The minimum Gasteiger partial charge on any atom is -0.457 e. The lowest BCUT2D eigenvalue weighted by atomic mass is 9.83. The van der Waals surface area contributed by atoms with E-state index < -0.39 is 17.9 Å². The van der Waals surface area contributed by atoms with Gasteiger partial charge in [-0.15, -0.1) is 0 Å². The predicted octanol–water partition coefficient (Wildman–Crippen LogP) is 3.45. The van der Waals surface area contributed by atoms with E-state index in [9.17, 15) is 9.90 Å². The van der Waals surface area contributed by atoms with Crippen LogP contribution in [0.2, 0.25) is 0 Å². The molecule has 2 fully saturated rings. The highest BCUT2D eigenvalue weighted by Gasteiger charge is 2.53. The molecule has 0 amide bonds. The van der Waals surface area contributed by atoms with Gasteiger partial charge in [-0.1, -0.05) is 56.4 Å². The summed E-state index contributed by atoms with van der Waals surface area (Å²) in [5.41, 5.74) is 2.66. The van der Waals surface area contributed by atoms with Crippen LogP contribution in [0.25, 0.3) is 0 Å². The van der Waals surface area contributed by atoms with Gasteiger partial charge in [-0.3, -0.25) is 4.79 Å². The standard InChI is InChI=1S/C22H30O5/c1-12(2)15(5)17-8-7-13(3)9-18-21(26-18)19-10-14(4)16(6)22(24,27-19)11-20(23)25-17/h7-8,15-19,21,24H,1,3-4,9-11H2,2,5-6H3/b8-7+/t15-,16-,17+,18-,19+,21-,22+/m0/s1. The molecule has 0 aliphatic carbocycles. The number of hydrogen-bond acceptors (Lipinski definition) is 5. The van der Waals surface area contributed by atoms with E-state index in [2.05, 4.69) is 19.7 Å². The van der Waals surface area contributed by atoms with E-state index in [0.717, 1.165) is 16.7 Å². The zero-order valence-corrected chi connectivity index (χ0v) is 16.4. The van der Waals surface area contributed by atoms with Crippen molar-refractivity contribution in [1.29, 1.82) is 0 Å². The molecule has 1 N–H and O–H groups in total. The Morgan fingerprint density at radius 1 is 1.33 bits per heavy atom. The molecule has 27 heavy (non-hydrogen) atoms. The molecular weight excluding hydrogens is 344 g/mol. The second-order valence-electron chi connectivity index (χ2n) is 8.21. The third-order valence-corrected chi connectivity index (χ3v) is 6.02. The second-order valence-corrected chi connectivity index (χ2v) is 8.21. The summed E-state index contributed by atoms with van der Waals surface area (Å²) in [6, 6.07) is 0. The maximum Gasteiger partial charge on any atom is 0.311 e. The van der Waals surface area contributed by atoms with Crippen molar-refractivity contribution < 1.29 is 24.1 Å². The summed E-state index contributed by atoms with van der Waals surface area (Å²) in [6.07, 6.45) is 3.84. The Balaban J connectivity index is 1.89. The minimum absolute atomic E-state index is 0.00647.